The zero-order valence-corrected chi connectivity index (χ0v) is 18.0. The maximum Gasteiger partial charge on any atom is 0.244 e. The fourth-order valence-corrected chi connectivity index (χ4v) is 6.87. The lowest BCUT2D eigenvalue weighted by molar-refractivity contribution is 0.400. The first-order valence-electron chi connectivity index (χ1n) is 8.51. The first-order chi connectivity index (χ1) is 14.1. The second-order valence-corrected chi connectivity index (χ2v) is 11.0. The standard InChI is InChI=1S/C19H17F2NO5S3/c1-27-16-9-6-14(21)11-18(16)30(25,26)22-12-19(17-3-2-10-28-17)29(23,24)15-7-4-13(20)5-8-15/h2-11,19,22H,12H2,1H3/t19-/m1/s1. The van der Waals surface area contributed by atoms with Crippen LogP contribution in [0.3, 0.4) is 0 Å². The van der Waals surface area contributed by atoms with Gasteiger partial charge in [-0.05, 0) is 53.9 Å². The average molecular weight is 474 g/mol. The SMILES string of the molecule is COc1ccc(F)cc1S(=O)(=O)NC[C@H](c1cccs1)S(=O)(=O)c1ccc(F)cc1. The number of methoxy groups -OCH3 is 1. The molecule has 0 bridgehead atoms. The summed E-state index contributed by atoms with van der Waals surface area (Å²) in [6, 6.07) is 10.5. The first-order valence-corrected chi connectivity index (χ1v) is 12.4. The smallest absolute Gasteiger partial charge is 0.244 e. The number of rotatable bonds is 8. The minimum Gasteiger partial charge on any atom is -0.495 e. The van der Waals surface area contributed by atoms with Gasteiger partial charge >= 0.3 is 0 Å². The van der Waals surface area contributed by atoms with E-state index in [0.717, 1.165) is 53.8 Å². The van der Waals surface area contributed by atoms with Crippen molar-refractivity contribution in [1.82, 2.24) is 4.72 Å². The van der Waals surface area contributed by atoms with Crippen LogP contribution in [0.5, 0.6) is 5.75 Å². The van der Waals surface area contributed by atoms with Gasteiger partial charge < -0.3 is 4.74 Å². The summed E-state index contributed by atoms with van der Waals surface area (Å²) < 4.78 is 85.8. The Labute approximate surface area is 177 Å². The van der Waals surface area contributed by atoms with Crippen LogP contribution < -0.4 is 9.46 Å². The number of hydrogen-bond acceptors (Lipinski definition) is 6. The molecule has 0 radical (unpaired) electrons. The molecule has 0 amide bonds. The highest BCUT2D eigenvalue weighted by atomic mass is 32.2. The van der Waals surface area contributed by atoms with Crippen LogP contribution in [-0.2, 0) is 19.9 Å². The minimum absolute atomic E-state index is 0.0852. The summed E-state index contributed by atoms with van der Waals surface area (Å²) in [5.41, 5.74) is 0. The Hall–Kier alpha value is -2.34. The van der Waals surface area contributed by atoms with Gasteiger partial charge in [0.05, 0.1) is 12.0 Å². The third-order valence-electron chi connectivity index (χ3n) is 4.25. The van der Waals surface area contributed by atoms with Gasteiger partial charge in [-0.2, -0.15) is 0 Å². The summed E-state index contributed by atoms with van der Waals surface area (Å²) >= 11 is 1.14. The zero-order valence-electron chi connectivity index (χ0n) is 15.6. The van der Waals surface area contributed by atoms with Gasteiger partial charge in [-0.1, -0.05) is 6.07 Å². The number of nitrogens with one attached hydrogen (secondary N) is 1. The van der Waals surface area contributed by atoms with Crippen molar-refractivity contribution in [3.8, 4) is 5.75 Å². The van der Waals surface area contributed by atoms with Crippen LogP contribution >= 0.6 is 11.3 Å². The molecular weight excluding hydrogens is 456 g/mol. The highest BCUT2D eigenvalue weighted by Crippen LogP contribution is 2.32. The summed E-state index contributed by atoms with van der Waals surface area (Å²) in [6.45, 7) is -0.512. The number of sulfonamides is 1. The van der Waals surface area contributed by atoms with Crippen molar-refractivity contribution in [1.29, 1.82) is 0 Å². The van der Waals surface area contributed by atoms with Gasteiger partial charge in [0.2, 0.25) is 10.0 Å². The number of benzene rings is 2. The molecule has 30 heavy (non-hydrogen) atoms. The topological polar surface area (TPSA) is 89.5 Å². The Morgan fingerprint density at radius 3 is 2.27 bits per heavy atom. The maximum atomic E-state index is 13.6. The molecule has 0 unspecified atom stereocenters. The van der Waals surface area contributed by atoms with Crippen LogP contribution in [-0.4, -0.2) is 30.5 Å². The fourth-order valence-electron chi connectivity index (χ4n) is 2.75. The average Bonchev–Trinajstić information content (AvgIpc) is 3.22. The summed E-state index contributed by atoms with van der Waals surface area (Å²) in [7, 11) is -7.12. The molecule has 6 nitrogen and oxygen atoms in total. The number of hydrogen-bond donors (Lipinski definition) is 1. The van der Waals surface area contributed by atoms with E-state index in [1.807, 2.05) is 0 Å². The second kappa shape index (κ2) is 8.80. The van der Waals surface area contributed by atoms with Crippen molar-refractivity contribution in [2.24, 2.45) is 0 Å². The van der Waals surface area contributed by atoms with Gasteiger partial charge in [0.1, 0.15) is 27.5 Å². The second-order valence-electron chi connectivity index (χ2n) is 6.15. The zero-order chi connectivity index (χ0) is 21.9. The van der Waals surface area contributed by atoms with E-state index in [-0.39, 0.29) is 10.6 Å². The van der Waals surface area contributed by atoms with Crippen LogP contribution in [0.25, 0.3) is 0 Å². The molecule has 11 heteroatoms. The third-order valence-corrected chi connectivity index (χ3v) is 8.93. The van der Waals surface area contributed by atoms with Crippen LogP contribution in [0.1, 0.15) is 10.1 Å². The summed E-state index contributed by atoms with van der Waals surface area (Å²) in [4.78, 5) is -0.202. The lowest BCUT2D eigenvalue weighted by atomic mass is 10.3. The highest BCUT2D eigenvalue weighted by Gasteiger charge is 2.32. The van der Waals surface area contributed by atoms with Gasteiger partial charge in [-0.25, -0.2) is 30.3 Å². The monoisotopic (exact) mass is 473 g/mol. The molecule has 0 aliphatic rings. The molecule has 1 heterocycles. The van der Waals surface area contributed by atoms with E-state index in [1.165, 1.54) is 7.11 Å². The lowest BCUT2D eigenvalue weighted by Crippen LogP contribution is -2.32. The quantitative estimate of drug-likeness (QED) is 0.506. The molecule has 0 aliphatic carbocycles. The minimum atomic E-state index is -4.30. The largest absolute Gasteiger partial charge is 0.495 e. The Bertz CT molecular complexity index is 1230. The van der Waals surface area contributed by atoms with Crippen molar-refractivity contribution < 1.29 is 30.4 Å². The normalized spacial score (nSPS) is 13.2. The predicted molar refractivity (Wildman–Crippen MR) is 109 cm³/mol. The predicted octanol–water partition coefficient (Wildman–Crippen LogP) is 3.53. The van der Waals surface area contributed by atoms with Crippen LogP contribution in [0, 0.1) is 11.6 Å². The number of halogens is 2. The summed E-state index contributed by atoms with van der Waals surface area (Å²) in [5, 5.41) is 0.393. The molecule has 0 saturated carbocycles. The lowest BCUT2D eigenvalue weighted by Gasteiger charge is -2.18. The highest BCUT2D eigenvalue weighted by molar-refractivity contribution is 7.92. The molecule has 0 saturated heterocycles. The first kappa shape index (κ1) is 22.3. The molecule has 2 aromatic carbocycles. The molecule has 1 aromatic heterocycles. The van der Waals surface area contributed by atoms with E-state index in [9.17, 15) is 25.6 Å². The molecule has 0 spiro atoms. The van der Waals surface area contributed by atoms with Gasteiger partial charge in [0.15, 0.2) is 9.84 Å². The van der Waals surface area contributed by atoms with Crippen molar-refractivity contribution in [2.45, 2.75) is 15.0 Å². The van der Waals surface area contributed by atoms with E-state index >= 15 is 0 Å². The molecule has 160 valence electrons. The van der Waals surface area contributed by atoms with Crippen molar-refractivity contribution in [3.63, 3.8) is 0 Å². The molecule has 0 aliphatic heterocycles. The maximum absolute atomic E-state index is 13.6. The van der Waals surface area contributed by atoms with Gasteiger partial charge in [-0.15, -0.1) is 11.3 Å². The van der Waals surface area contributed by atoms with Gasteiger partial charge in [0, 0.05) is 11.4 Å². The van der Waals surface area contributed by atoms with E-state index in [0.29, 0.717) is 4.88 Å². The molecule has 1 atom stereocenters. The molecule has 0 fully saturated rings. The Morgan fingerprint density at radius 2 is 1.67 bits per heavy atom. The van der Waals surface area contributed by atoms with Crippen molar-refractivity contribution in [2.75, 3.05) is 13.7 Å². The van der Waals surface area contributed by atoms with E-state index in [1.54, 1.807) is 17.5 Å². The summed E-state index contributed by atoms with van der Waals surface area (Å²) in [6.07, 6.45) is 0. The Kier molecular flexibility index (Phi) is 6.56. The van der Waals surface area contributed by atoms with E-state index < -0.39 is 48.2 Å². The summed E-state index contributed by atoms with van der Waals surface area (Å²) in [5.74, 6) is -1.47. The Balaban J connectivity index is 1.96. The van der Waals surface area contributed by atoms with Crippen LogP contribution in [0.2, 0.25) is 0 Å². The fraction of sp³-hybridized carbons (Fsp3) is 0.158. The van der Waals surface area contributed by atoms with Crippen LogP contribution in [0.15, 0.2) is 69.8 Å². The molecule has 3 aromatic rings. The molecule has 3 rings (SSSR count). The van der Waals surface area contributed by atoms with Crippen molar-refractivity contribution >= 4 is 31.2 Å². The van der Waals surface area contributed by atoms with Crippen LogP contribution in [0.4, 0.5) is 8.78 Å². The van der Waals surface area contributed by atoms with Crippen molar-refractivity contribution in [3.05, 3.63) is 76.5 Å². The van der Waals surface area contributed by atoms with E-state index in [4.69, 9.17) is 4.74 Å². The third kappa shape index (κ3) is 4.69. The number of sulfone groups is 1. The molecular formula is C19H17F2NO5S3. The number of ether oxygens (including phenoxy) is 1. The Morgan fingerprint density at radius 1 is 1.00 bits per heavy atom. The molecule has 1 N–H and O–H groups in total. The number of thiophene rings is 1. The van der Waals surface area contributed by atoms with Gasteiger partial charge in [0.25, 0.3) is 0 Å². The van der Waals surface area contributed by atoms with Gasteiger partial charge in [-0.3, -0.25) is 0 Å². The van der Waals surface area contributed by atoms with E-state index in [2.05, 4.69) is 4.72 Å².